The molecule has 1 fully saturated rings. The van der Waals surface area contributed by atoms with Crippen molar-refractivity contribution in [3.63, 3.8) is 0 Å². The van der Waals surface area contributed by atoms with Crippen molar-refractivity contribution in [1.82, 2.24) is 5.32 Å². The predicted octanol–water partition coefficient (Wildman–Crippen LogP) is 1.96. The Morgan fingerprint density at radius 3 is 3.17 bits per heavy atom. The summed E-state index contributed by atoms with van der Waals surface area (Å²) < 4.78 is 0. The molecule has 0 spiro atoms. The Hall–Kier alpha value is -0.530. The molecule has 2 nitrogen and oxygen atoms in total. The molecule has 0 saturated heterocycles. The molecule has 1 heterocycles. The molecule has 68 valence electrons. The lowest BCUT2D eigenvalue weighted by atomic mass is 10.2. The fourth-order valence-corrected chi connectivity index (χ4v) is 1.99. The molecule has 2 heteroatoms. The lowest BCUT2D eigenvalue weighted by Crippen LogP contribution is -2.24. The SMILES string of the molecule is CCCC1CC1NC1=NCCC1. The van der Waals surface area contributed by atoms with E-state index in [9.17, 15) is 0 Å². The maximum Gasteiger partial charge on any atom is 0.0965 e. The van der Waals surface area contributed by atoms with Crippen LogP contribution in [0.25, 0.3) is 0 Å². The van der Waals surface area contributed by atoms with E-state index in [0.29, 0.717) is 0 Å². The van der Waals surface area contributed by atoms with Gasteiger partial charge in [0.25, 0.3) is 0 Å². The second-order valence-corrected chi connectivity index (χ2v) is 3.97. The van der Waals surface area contributed by atoms with Gasteiger partial charge in [-0.15, -0.1) is 0 Å². The summed E-state index contributed by atoms with van der Waals surface area (Å²) in [7, 11) is 0. The Labute approximate surface area is 74.5 Å². The highest BCUT2D eigenvalue weighted by Gasteiger charge is 2.36. The van der Waals surface area contributed by atoms with Crippen LogP contribution in [0.15, 0.2) is 4.99 Å². The molecule has 1 aliphatic heterocycles. The van der Waals surface area contributed by atoms with E-state index in [1.807, 2.05) is 0 Å². The number of nitrogens with zero attached hydrogens (tertiary/aromatic N) is 1. The second-order valence-electron chi connectivity index (χ2n) is 3.97. The van der Waals surface area contributed by atoms with E-state index in [1.54, 1.807) is 0 Å². The van der Waals surface area contributed by atoms with Gasteiger partial charge in [-0.1, -0.05) is 13.3 Å². The first-order valence-corrected chi connectivity index (χ1v) is 5.20. The van der Waals surface area contributed by atoms with Crippen LogP contribution in [-0.4, -0.2) is 18.4 Å². The number of aliphatic imine (C=N–C) groups is 1. The summed E-state index contributed by atoms with van der Waals surface area (Å²) in [4.78, 5) is 4.42. The zero-order chi connectivity index (χ0) is 8.39. The predicted molar refractivity (Wildman–Crippen MR) is 51.5 cm³/mol. The molecule has 2 rings (SSSR count). The van der Waals surface area contributed by atoms with Gasteiger partial charge in [0.15, 0.2) is 0 Å². The minimum absolute atomic E-state index is 0.779. The molecule has 0 aromatic heterocycles. The lowest BCUT2D eigenvalue weighted by Gasteiger charge is -2.03. The van der Waals surface area contributed by atoms with Crippen LogP contribution in [0.2, 0.25) is 0 Å². The number of amidine groups is 1. The molecule has 1 aliphatic carbocycles. The molecule has 0 bridgehead atoms. The summed E-state index contributed by atoms with van der Waals surface area (Å²) >= 11 is 0. The smallest absolute Gasteiger partial charge is 0.0965 e. The zero-order valence-electron chi connectivity index (χ0n) is 7.84. The first-order chi connectivity index (χ1) is 5.90. The van der Waals surface area contributed by atoms with Crippen molar-refractivity contribution in [3.05, 3.63) is 0 Å². The van der Waals surface area contributed by atoms with Gasteiger partial charge in [0, 0.05) is 19.0 Å². The van der Waals surface area contributed by atoms with Crippen molar-refractivity contribution in [3.8, 4) is 0 Å². The van der Waals surface area contributed by atoms with Crippen molar-refractivity contribution < 1.29 is 0 Å². The van der Waals surface area contributed by atoms with Gasteiger partial charge < -0.3 is 5.32 Å². The number of hydrogen-bond donors (Lipinski definition) is 1. The maximum absolute atomic E-state index is 4.42. The molecule has 2 unspecified atom stereocenters. The number of rotatable bonds is 3. The van der Waals surface area contributed by atoms with Crippen LogP contribution in [0, 0.1) is 5.92 Å². The summed E-state index contributed by atoms with van der Waals surface area (Å²) in [5.74, 6) is 2.23. The van der Waals surface area contributed by atoms with Gasteiger partial charge in [-0.2, -0.15) is 0 Å². The van der Waals surface area contributed by atoms with Crippen LogP contribution < -0.4 is 5.32 Å². The molecule has 0 amide bonds. The topological polar surface area (TPSA) is 24.4 Å². The van der Waals surface area contributed by atoms with E-state index < -0.39 is 0 Å². The molecular weight excluding hydrogens is 148 g/mol. The van der Waals surface area contributed by atoms with Crippen LogP contribution in [0.4, 0.5) is 0 Å². The maximum atomic E-state index is 4.42. The van der Waals surface area contributed by atoms with Crippen molar-refractivity contribution in [2.45, 2.75) is 45.1 Å². The summed E-state index contributed by atoms with van der Waals surface area (Å²) in [6.45, 7) is 3.32. The third-order valence-corrected chi connectivity index (χ3v) is 2.81. The minimum Gasteiger partial charge on any atom is -0.371 e. The summed E-state index contributed by atoms with van der Waals surface area (Å²) in [5.41, 5.74) is 0. The van der Waals surface area contributed by atoms with Gasteiger partial charge in [0.05, 0.1) is 5.84 Å². The van der Waals surface area contributed by atoms with Crippen LogP contribution in [0.1, 0.15) is 39.0 Å². The summed E-state index contributed by atoms with van der Waals surface area (Å²) in [6.07, 6.45) is 6.55. The van der Waals surface area contributed by atoms with Crippen LogP contribution >= 0.6 is 0 Å². The Morgan fingerprint density at radius 2 is 2.50 bits per heavy atom. The highest BCUT2D eigenvalue weighted by atomic mass is 15.1. The molecule has 2 aliphatic rings. The quantitative estimate of drug-likeness (QED) is 0.681. The molecule has 0 radical (unpaired) electrons. The second kappa shape index (κ2) is 3.46. The average Bonchev–Trinajstić information content (AvgIpc) is 2.62. The highest BCUT2D eigenvalue weighted by Crippen LogP contribution is 2.34. The van der Waals surface area contributed by atoms with Gasteiger partial charge in [-0.05, 0) is 25.2 Å². The largest absolute Gasteiger partial charge is 0.371 e. The van der Waals surface area contributed by atoms with Crippen LogP contribution in [-0.2, 0) is 0 Å². The van der Waals surface area contributed by atoms with E-state index in [0.717, 1.165) is 18.5 Å². The minimum atomic E-state index is 0.779. The monoisotopic (exact) mass is 166 g/mol. The Bertz CT molecular complexity index is 186. The van der Waals surface area contributed by atoms with Gasteiger partial charge in [0.2, 0.25) is 0 Å². The molecule has 0 aromatic rings. The molecule has 1 N–H and O–H groups in total. The molecule has 2 atom stereocenters. The normalized spacial score (nSPS) is 33.2. The molecule has 0 aromatic carbocycles. The van der Waals surface area contributed by atoms with Gasteiger partial charge in [0.1, 0.15) is 0 Å². The lowest BCUT2D eigenvalue weighted by molar-refractivity contribution is 0.661. The molecule has 1 saturated carbocycles. The number of hydrogen-bond acceptors (Lipinski definition) is 2. The van der Waals surface area contributed by atoms with Crippen LogP contribution in [0.3, 0.4) is 0 Å². The van der Waals surface area contributed by atoms with Crippen molar-refractivity contribution >= 4 is 5.84 Å². The van der Waals surface area contributed by atoms with Gasteiger partial charge in [-0.3, -0.25) is 4.99 Å². The fourth-order valence-electron chi connectivity index (χ4n) is 1.99. The Balaban J connectivity index is 1.69. The van der Waals surface area contributed by atoms with E-state index in [4.69, 9.17) is 0 Å². The average molecular weight is 166 g/mol. The Morgan fingerprint density at radius 1 is 1.58 bits per heavy atom. The van der Waals surface area contributed by atoms with E-state index in [2.05, 4.69) is 17.2 Å². The third-order valence-electron chi connectivity index (χ3n) is 2.81. The van der Waals surface area contributed by atoms with E-state index >= 15 is 0 Å². The summed E-state index contributed by atoms with van der Waals surface area (Å²) in [5, 5.41) is 3.54. The zero-order valence-corrected chi connectivity index (χ0v) is 7.84. The van der Waals surface area contributed by atoms with Crippen molar-refractivity contribution in [2.24, 2.45) is 10.9 Å². The Kier molecular flexibility index (Phi) is 2.33. The third kappa shape index (κ3) is 1.79. The van der Waals surface area contributed by atoms with Gasteiger partial charge in [-0.25, -0.2) is 0 Å². The van der Waals surface area contributed by atoms with Crippen molar-refractivity contribution in [1.29, 1.82) is 0 Å². The number of nitrogens with one attached hydrogen (secondary N) is 1. The summed E-state index contributed by atoms with van der Waals surface area (Å²) in [6, 6.07) is 0.779. The van der Waals surface area contributed by atoms with E-state index in [1.165, 1.54) is 37.9 Å². The molecule has 12 heavy (non-hydrogen) atoms. The van der Waals surface area contributed by atoms with Gasteiger partial charge >= 0.3 is 0 Å². The van der Waals surface area contributed by atoms with E-state index in [-0.39, 0.29) is 0 Å². The highest BCUT2D eigenvalue weighted by molar-refractivity contribution is 5.84. The van der Waals surface area contributed by atoms with Crippen LogP contribution in [0.5, 0.6) is 0 Å². The standard InChI is InChI=1S/C10H18N2/c1-2-4-8-7-9(8)12-10-5-3-6-11-10/h8-9H,2-7H2,1H3,(H,11,12). The van der Waals surface area contributed by atoms with Crippen molar-refractivity contribution in [2.75, 3.05) is 6.54 Å². The first-order valence-electron chi connectivity index (χ1n) is 5.20. The first kappa shape index (κ1) is 8.09. The fraction of sp³-hybridized carbons (Fsp3) is 0.900. The molecular formula is C10H18N2.